The maximum atomic E-state index is 5.51. The topological polar surface area (TPSA) is 35.6 Å². The van der Waals surface area contributed by atoms with Gasteiger partial charge < -0.3 is 4.57 Å². The Labute approximate surface area is 287 Å². The van der Waals surface area contributed by atoms with Crippen LogP contribution in [-0.2, 0) is 0 Å². The van der Waals surface area contributed by atoms with Gasteiger partial charge in [-0.25, -0.2) is 9.97 Å². The monoisotopic (exact) mass is 636 g/mol. The highest BCUT2D eigenvalue weighted by atomic mass is 15.2. The van der Waals surface area contributed by atoms with Gasteiger partial charge in [-0.15, -0.1) is 0 Å². The van der Waals surface area contributed by atoms with E-state index < -0.39 is 0 Å². The predicted molar refractivity (Wildman–Crippen MR) is 209 cm³/mol. The molecule has 0 radical (unpaired) electrons. The van der Waals surface area contributed by atoms with Crippen LogP contribution in [0.5, 0.6) is 0 Å². The van der Waals surface area contributed by atoms with E-state index >= 15 is 0 Å². The Morgan fingerprint density at radius 2 is 0.880 bits per heavy atom. The minimum Gasteiger partial charge on any atom is -0.309 e. The second kappa shape index (κ2) is 10.4. The van der Waals surface area contributed by atoms with Gasteiger partial charge in [0, 0.05) is 37.9 Å². The van der Waals surface area contributed by atoms with Crippen LogP contribution in [0, 0.1) is 0 Å². The first-order valence-corrected chi connectivity index (χ1v) is 17.0. The first-order valence-electron chi connectivity index (χ1n) is 17.0. The first kappa shape index (κ1) is 27.2. The summed E-state index contributed by atoms with van der Waals surface area (Å²) >= 11 is 0. The maximum Gasteiger partial charge on any atom is 0.235 e. The van der Waals surface area contributed by atoms with Crippen molar-refractivity contribution in [1.29, 1.82) is 0 Å². The molecule has 0 atom stereocenters. The second-order valence-corrected chi connectivity index (χ2v) is 13.0. The normalized spacial score (nSPS) is 12.0. The van der Waals surface area contributed by atoms with E-state index in [1.807, 2.05) is 0 Å². The molecule has 0 aliphatic heterocycles. The second-order valence-electron chi connectivity index (χ2n) is 13.0. The molecule has 0 bridgehead atoms. The molecule has 232 valence electrons. The van der Waals surface area contributed by atoms with E-state index in [4.69, 9.17) is 9.97 Å². The third-order valence-corrected chi connectivity index (χ3v) is 10.3. The Bertz CT molecular complexity index is 3110. The lowest BCUT2D eigenvalue weighted by molar-refractivity contribution is 1.02. The molecule has 0 unspecified atom stereocenters. The summed E-state index contributed by atoms with van der Waals surface area (Å²) in [6.45, 7) is 0. The van der Waals surface area contributed by atoms with Crippen molar-refractivity contribution in [2.75, 3.05) is 0 Å². The van der Waals surface area contributed by atoms with Crippen molar-refractivity contribution in [3.8, 4) is 22.9 Å². The molecule has 0 fully saturated rings. The van der Waals surface area contributed by atoms with Gasteiger partial charge in [-0.1, -0.05) is 133 Å². The summed E-state index contributed by atoms with van der Waals surface area (Å²) in [5.74, 6) is 0.655. The molecule has 0 amide bonds. The molecular formula is C46H28N4. The summed E-state index contributed by atoms with van der Waals surface area (Å²) in [7, 11) is 0. The molecule has 0 saturated heterocycles. The number of benzene rings is 8. The molecule has 50 heavy (non-hydrogen) atoms. The molecule has 3 aromatic heterocycles. The molecule has 0 saturated carbocycles. The van der Waals surface area contributed by atoms with Gasteiger partial charge in [0.1, 0.15) is 0 Å². The van der Waals surface area contributed by atoms with E-state index in [2.05, 4.69) is 179 Å². The van der Waals surface area contributed by atoms with Gasteiger partial charge in [-0.3, -0.25) is 4.57 Å². The van der Waals surface area contributed by atoms with Crippen LogP contribution in [0.4, 0.5) is 0 Å². The zero-order valence-electron chi connectivity index (χ0n) is 27.0. The zero-order chi connectivity index (χ0) is 32.8. The van der Waals surface area contributed by atoms with E-state index in [-0.39, 0.29) is 0 Å². The largest absolute Gasteiger partial charge is 0.309 e. The maximum absolute atomic E-state index is 5.51. The highest BCUT2D eigenvalue weighted by Gasteiger charge is 2.22. The number of para-hydroxylation sites is 3. The third-order valence-electron chi connectivity index (χ3n) is 10.3. The van der Waals surface area contributed by atoms with Crippen LogP contribution >= 0.6 is 0 Å². The van der Waals surface area contributed by atoms with Crippen LogP contribution in [0.3, 0.4) is 0 Å². The molecule has 4 nitrogen and oxygen atoms in total. The molecule has 4 heteroatoms. The van der Waals surface area contributed by atoms with E-state index in [0.29, 0.717) is 5.95 Å². The number of hydrogen-bond donors (Lipinski definition) is 0. The Kier molecular flexibility index (Phi) is 5.63. The first-order chi connectivity index (χ1) is 24.8. The number of nitrogens with zero attached hydrogens (tertiary/aromatic N) is 4. The lowest BCUT2D eigenvalue weighted by Gasteiger charge is -2.15. The van der Waals surface area contributed by atoms with Gasteiger partial charge in [0.05, 0.1) is 39.0 Å². The van der Waals surface area contributed by atoms with Crippen LogP contribution in [0.2, 0.25) is 0 Å². The summed E-state index contributed by atoms with van der Waals surface area (Å²) in [5, 5.41) is 10.5. The SMILES string of the molecule is c1ccc2c(-c3nc(-n4c5ccccc5c5c(-n6c7ccccc7c7ccccc76)cccc54)nc4c3ccc3ccccc34)cccc2c1. The van der Waals surface area contributed by atoms with Gasteiger partial charge in [0.15, 0.2) is 0 Å². The van der Waals surface area contributed by atoms with Crippen LogP contribution in [0.1, 0.15) is 0 Å². The Balaban J connectivity index is 1.29. The number of fused-ring (bicyclic) bond motifs is 10. The Morgan fingerprint density at radius 1 is 0.340 bits per heavy atom. The van der Waals surface area contributed by atoms with Crippen molar-refractivity contribution in [2.45, 2.75) is 0 Å². The quantitative estimate of drug-likeness (QED) is 0.181. The average Bonchev–Trinajstić information content (AvgIpc) is 3.70. The highest BCUT2D eigenvalue weighted by molar-refractivity contribution is 6.17. The fourth-order valence-corrected chi connectivity index (χ4v) is 8.17. The van der Waals surface area contributed by atoms with Crippen LogP contribution in [0.15, 0.2) is 170 Å². The summed E-state index contributed by atoms with van der Waals surface area (Å²) in [4.78, 5) is 11.0. The highest BCUT2D eigenvalue weighted by Crippen LogP contribution is 2.41. The lowest BCUT2D eigenvalue weighted by atomic mass is 9.98. The minimum atomic E-state index is 0.655. The third kappa shape index (κ3) is 3.76. The molecule has 3 heterocycles. The van der Waals surface area contributed by atoms with E-state index in [9.17, 15) is 0 Å². The van der Waals surface area contributed by atoms with Gasteiger partial charge in [0.2, 0.25) is 5.95 Å². The van der Waals surface area contributed by atoms with Crippen molar-refractivity contribution in [3.05, 3.63) is 170 Å². The van der Waals surface area contributed by atoms with Crippen LogP contribution in [0.25, 0.3) is 99.0 Å². The average molecular weight is 637 g/mol. The Morgan fingerprint density at radius 3 is 1.62 bits per heavy atom. The summed E-state index contributed by atoms with van der Waals surface area (Å²) in [5.41, 5.74) is 8.61. The zero-order valence-corrected chi connectivity index (χ0v) is 27.0. The smallest absolute Gasteiger partial charge is 0.235 e. The predicted octanol–water partition coefficient (Wildman–Crippen LogP) is 11.8. The van der Waals surface area contributed by atoms with Crippen molar-refractivity contribution in [1.82, 2.24) is 19.1 Å². The van der Waals surface area contributed by atoms with Gasteiger partial charge in [0.25, 0.3) is 0 Å². The molecule has 0 spiro atoms. The fraction of sp³-hybridized carbons (Fsp3) is 0. The summed E-state index contributed by atoms with van der Waals surface area (Å²) in [6.07, 6.45) is 0. The fourth-order valence-electron chi connectivity index (χ4n) is 8.17. The molecule has 0 N–H and O–H groups in total. The van der Waals surface area contributed by atoms with Gasteiger partial charge in [-0.2, -0.15) is 0 Å². The van der Waals surface area contributed by atoms with Crippen LogP contribution in [-0.4, -0.2) is 19.1 Å². The molecule has 0 aliphatic rings. The van der Waals surface area contributed by atoms with Crippen molar-refractivity contribution in [3.63, 3.8) is 0 Å². The van der Waals surface area contributed by atoms with E-state index in [1.165, 1.54) is 38.0 Å². The minimum absolute atomic E-state index is 0.655. The van der Waals surface area contributed by atoms with Crippen molar-refractivity contribution >= 4 is 76.1 Å². The standard InChI is InChI=1S/C46H28N4/c1-3-16-31-29(13-1)15-11-21-35(31)45-37-28-27-30-14-2-4-17-32(30)44(37)47-46(48-45)50-40-24-10-7-20-36(40)43-41(25-12-26-42(43)50)49-38-22-8-5-18-33(38)34-19-6-9-23-39(34)49/h1-28H. The van der Waals surface area contributed by atoms with Gasteiger partial charge >= 0.3 is 0 Å². The van der Waals surface area contributed by atoms with E-state index in [1.54, 1.807) is 0 Å². The van der Waals surface area contributed by atoms with Crippen molar-refractivity contribution in [2.24, 2.45) is 0 Å². The number of aromatic nitrogens is 4. The number of hydrogen-bond acceptors (Lipinski definition) is 2. The van der Waals surface area contributed by atoms with Crippen molar-refractivity contribution < 1.29 is 0 Å². The molecular weight excluding hydrogens is 609 g/mol. The number of rotatable bonds is 3. The summed E-state index contributed by atoms with van der Waals surface area (Å²) < 4.78 is 4.68. The molecule has 11 aromatic rings. The summed E-state index contributed by atoms with van der Waals surface area (Å²) in [6, 6.07) is 60.6. The molecule has 11 rings (SSSR count). The molecule has 8 aromatic carbocycles. The Hall–Kier alpha value is -6.78. The molecule has 0 aliphatic carbocycles. The van der Waals surface area contributed by atoms with E-state index in [0.717, 1.165) is 55.0 Å². The van der Waals surface area contributed by atoms with Crippen LogP contribution < -0.4 is 0 Å². The lowest BCUT2D eigenvalue weighted by Crippen LogP contribution is -2.04. The van der Waals surface area contributed by atoms with Gasteiger partial charge in [-0.05, 0) is 52.6 Å².